The highest BCUT2D eigenvalue weighted by Crippen LogP contribution is 2.30. The number of aromatic nitrogens is 1. The van der Waals surface area contributed by atoms with Crippen molar-refractivity contribution in [1.29, 1.82) is 0 Å². The summed E-state index contributed by atoms with van der Waals surface area (Å²) in [6, 6.07) is 13.1. The highest BCUT2D eigenvalue weighted by atomic mass is 16.4. The van der Waals surface area contributed by atoms with Crippen molar-refractivity contribution in [2.45, 2.75) is 44.4 Å². The van der Waals surface area contributed by atoms with Crippen molar-refractivity contribution in [2.24, 2.45) is 5.92 Å². The Morgan fingerprint density at radius 2 is 2.03 bits per heavy atom. The summed E-state index contributed by atoms with van der Waals surface area (Å²) in [6.45, 7) is 8.12. The van der Waals surface area contributed by atoms with Crippen LogP contribution in [-0.4, -0.2) is 85.3 Å². The molecule has 2 fully saturated rings. The lowest BCUT2D eigenvalue weighted by molar-refractivity contribution is -0.137. The first kappa shape index (κ1) is 25.0. The Morgan fingerprint density at radius 1 is 1.17 bits per heavy atom. The van der Waals surface area contributed by atoms with E-state index < -0.39 is 5.97 Å². The van der Waals surface area contributed by atoms with Gasteiger partial charge in [-0.25, -0.2) is 4.98 Å². The predicted octanol–water partition coefficient (Wildman–Crippen LogP) is 3.70. The smallest absolute Gasteiger partial charge is 0.304 e. The van der Waals surface area contributed by atoms with Crippen LogP contribution in [0.3, 0.4) is 0 Å². The third-order valence-electron chi connectivity index (χ3n) is 8.24. The number of hydrogen-bond acceptors (Lipinski definition) is 6. The van der Waals surface area contributed by atoms with E-state index in [-0.39, 0.29) is 12.3 Å². The lowest BCUT2D eigenvalue weighted by Gasteiger charge is -2.34. The van der Waals surface area contributed by atoms with Crippen LogP contribution in [0.4, 0.5) is 11.5 Å². The van der Waals surface area contributed by atoms with E-state index in [2.05, 4.69) is 63.5 Å². The van der Waals surface area contributed by atoms with Crippen LogP contribution in [0.25, 0.3) is 0 Å². The predicted molar refractivity (Wildman–Crippen MR) is 145 cm³/mol. The number of carbonyl (C=O) groups is 1. The number of carboxylic acids is 1. The lowest BCUT2D eigenvalue weighted by atomic mass is 9.94. The molecule has 7 heteroatoms. The molecule has 194 valence electrons. The normalized spacial score (nSPS) is 21.7. The number of rotatable bonds is 9. The van der Waals surface area contributed by atoms with Crippen molar-refractivity contribution in [1.82, 2.24) is 14.8 Å². The SMILES string of the molecule is CN1CCN(c2cccc(C(CC(=O)O)CN3CCC(CCc4ccc5c(n4)NCCC5)C3)c2)CC1. The van der Waals surface area contributed by atoms with Crippen LogP contribution >= 0.6 is 0 Å². The molecule has 0 aliphatic carbocycles. The molecular formula is C29H41N5O2. The first-order valence-electron chi connectivity index (χ1n) is 13.7. The third kappa shape index (κ3) is 6.37. The average Bonchev–Trinajstić information content (AvgIpc) is 3.34. The van der Waals surface area contributed by atoms with E-state index in [1.807, 2.05) is 0 Å². The van der Waals surface area contributed by atoms with Crippen molar-refractivity contribution in [3.05, 3.63) is 53.2 Å². The number of fused-ring (bicyclic) bond motifs is 1. The minimum absolute atomic E-state index is 0.0158. The Morgan fingerprint density at radius 3 is 2.86 bits per heavy atom. The molecule has 0 radical (unpaired) electrons. The van der Waals surface area contributed by atoms with E-state index in [1.54, 1.807) is 0 Å². The van der Waals surface area contributed by atoms with Gasteiger partial charge in [-0.3, -0.25) is 4.79 Å². The monoisotopic (exact) mass is 491 g/mol. The number of likely N-dealkylation sites (N-methyl/N-ethyl adjacent to an activating group) is 1. The summed E-state index contributed by atoms with van der Waals surface area (Å²) in [5, 5.41) is 13.1. The topological polar surface area (TPSA) is 71.9 Å². The first-order chi connectivity index (χ1) is 17.5. The summed E-state index contributed by atoms with van der Waals surface area (Å²) >= 11 is 0. The van der Waals surface area contributed by atoms with Gasteiger partial charge in [-0.2, -0.15) is 0 Å². The zero-order chi connectivity index (χ0) is 24.9. The molecule has 0 saturated carbocycles. The van der Waals surface area contributed by atoms with Crippen molar-refractivity contribution in [3.8, 4) is 0 Å². The van der Waals surface area contributed by atoms with Gasteiger partial charge in [0.1, 0.15) is 5.82 Å². The standard InChI is InChI=1S/C29H41N5O2/c1-32-14-16-34(17-15-32)27-6-2-4-24(18-27)25(19-28(35)36)21-33-13-11-22(20-33)7-9-26-10-8-23-5-3-12-30-29(23)31-26/h2,4,6,8,10,18,22,25H,3,5,7,9,11-17,19-21H2,1H3,(H,30,31)(H,35,36). The second-order valence-corrected chi connectivity index (χ2v) is 11.0. The van der Waals surface area contributed by atoms with E-state index >= 15 is 0 Å². The summed E-state index contributed by atoms with van der Waals surface area (Å²) in [7, 11) is 2.17. The summed E-state index contributed by atoms with van der Waals surface area (Å²) in [4.78, 5) is 23.9. The highest BCUT2D eigenvalue weighted by molar-refractivity contribution is 5.68. The van der Waals surface area contributed by atoms with Gasteiger partial charge < -0.3 is 25.1 Å². The van der Waals surface area contributed by atoms with Crippen molar-refractivity contribution < 1.29 is 9.90 Å². The van der Waals surface area contributed by atoms with Crippen LogP contribution in [0.2, 0.25) is 0 Å². The Bertz CT molecular complexity index is 1040. The molecule has 0 amide bonds. The maximum Gasteiger partial charge on any atom is 0.304 e. The summed E-state index contributed by atoms with van der Waals surface area (Å²) in [6.07, 6.45) is 5.84. The van der Waals surface area contributed by atoms with Crippen molar-refractivity contribution >= 4 is 17.5 Å². The van der Waals surface area contributed by atoms with E-state index in [0.717, 1.165) is 83.0 Å². The first-order valence-corrected chi connectivity index (χ1v) is 13.7. The van der Waals surface area contributed by atoms with Gasteiger partial charge in [0.15, 0.2) is 0 Å². The van der Waals surface area contributed by atoms with Crippen LogP contribution in [0.1, 0.15) is 48.4 Å². The molecule has 4 heterocycles. The molecule has 2 unspecified atom stereocenters. The summed E-state index contributed by atoms with van der Waals surface area (Å²) in [5.41, 5.74) is 4.91. The molecule has 3 aliphatic rings. The molecule has 2 aromatic rings. The average molecular weight is 492 g/mol. The zero-order valence-electron chi connectivity index (χ0n) is 21.7. The molecule has 2 atom stereocenters. The molecule has 0 bridgehead atoms. The van der Waals surface area contributed by atoms with Crippen molar-refractivity contribution in [2.75, 3.05) is 69.6 Å². The molecule has 5 rings (SSSR count). The van der Waals surface area contributed by atoms with Gasteiger partial charge in [-0.15, -0.1) is 0 Å². The number of hydrogen-bond donors (Lipinski definition) is 2. The van der Waals surface area contributed by atoms with Crippen LogP contribution in [0.15, 0.2) is 36.4 Å². The number of piperazine rings is 1. The van der Waals surface area contributed by atoms with E-state index in [0.29, 0.717) is 5.92 Å². The van der Waals surface area contributed by atoms with Gasteiger partial charge in [-0.1, -0.05) is 18.2 Å². The molecule has 0 spiro atoms. The zero-order valence-corrected chi connectivity index (χ0v) is 21.7. The maximum atomic E-state index is 11.8. The second-order valence-electron chi connectivity index (χ2n) is 11.0. The molecule has 1 aromatic carbocycles. The number of aliphatic carboxylic acids is 1. The number of nitrogens with zero attached hydrogens (tertiary/aromatic N) is 4. The number of pyridine rings is 1. The molecule has 7 nitrogen and oxygen atoms in total. The Hall–Kier alpha value is -2.64. The van der Waals surface area contributed by atoms with Gasteiger partial charge in [0, 0.05) is 63.1 Å². The molecule has 1 aromatic heterocycles. The van der Waals surface area contributed by atoms with Gasteiger partial charge in [0.05, 0.1) is 6.42 Å². The quantitative estimate of drug-likeness (QED) is 0.554. The van der Waals surface area contributed by atoms with Gasteiger partial charge in [-0.05, 0) is 80.9 Å². The minimum Gasteiger partial charge on any atom is -0.481 e. The highest BCUT2D eigenvalue weighted by Gasteiger charge is 2.27. The van der Waals surface area contributed by atoms with Gasteiger partial charge in [0.25, 0.3) is 0 Å². The van der Waals surface area contributed by atoms with Crippen LogP contribution in [-0.2, 0) is 17.6 Å². The number of benzene rings is 1. The van der Waals surface area contributed by atoms with E-state index in [4.69, 9.17) is 4.98 Å². The molecule has 2 saturated heterocycles. The maximum absolute atomic E-state index is 11.8. The molecule has 2 N–H and O–H groups in total. The number of aryl methyl sites for hydroxylation is 2. The summed E-state index contributed by atoms with van der Waals surface area (Å²) in [5.74, 6) is 1.04. The Kier molecular flexibility index (Phi) is 8.07. The Balaban J connectivity index is 1.17. The summed E-state index contributed by atoms with van der Waals surface area (Å²) < 4.78 is 0. The van der Waals surface area contributed by atoms with Crippen LogP contribution in [0, 0.1) is 5.92 Å². The number of carboxylic acid groups (broad SMARTS) is 1. The fraction of sp³-hybridized carbons (Fsp3) is 0.586. The third-order valence-corrected chi connectivity index (χ3v) is 8.24. The van der Waals surface area contributed by atoms with Gasteiger partial charge in [0.2, 0.25) is 0 Å². The minimum atomic E-state index is -0.715. The molecule has 36 heavy (non-hydrogen) atoms. The van der Waals surface area contributed by atoms with E-state index in [1.165, 1.54) is 29.8 Å². The van der Waals surface area contributed by atoms with Crippen LogP contribution < -0.4 is 10.2 Å². The largest absolute Gasteiger partial charge is 0.481 e. The second kappa shape index (κ2) is 11.6. The van der Waals surface area contributed by atoms with E-state index in [9.17, 15) is 9.90 Å². The fourth-order valence-corrected chi connectivity index (χ4v) is 6.02. The number of nitrogens with one attached hydrogen (secondary N) is 1. The van der Waals surface area contributed by atoms with Gasteiger partial charge >= 0.3 is 5.97 Å². The number of likely N-dealkylation sites (tertiary alicyclic amines) is 1. The molecular weight excluding hydrogens is 450 g/mol. The van der Waals surface area contributed by atoms with Crippen molar-refractivity contribution in [3.63, 3.8) is 0 Å². The fourth-order valence-electron chi connectivity index (χ4n) is 6.02. The number of anilines is 2. The Labute approximate surface area is 215 Å². The lowest BCUT2D eigenvalue weighted by Crippen LogP contribution is -2.44. The van der Waals surface area contributed by atoms with Crippen LogP contribution in [0.5, 0.6) is 0 Å². The molecule has 3 aliphatic heterocycles.